The summed E-state index contributed by atoms with van der Waals surface area (Å²) in [5, 5.41) is 7.11. The van der Waals surface area contributed by atoms with Crippen LogP contribution in [0.2, 0.25) is 0 Å². The molecular formula is C24H27N3O3. The number of amides is 1. The molecular weight excluding hydrogens is 378 g/mol. The van der Waals surface area contributed by atoms with Gasteiger partial charge in [0.25, 0.3) is 5.91 Å². The molecule has 1 amide bonds. The third-order valence-electron chi connectivity index (χ3n) is 5.21. The van der Waals surface area contributed by atoms with Crippen molar-refractivity contribution in [3.8, 4) is 0 Å². The minimum absolute atomic E-state index is 0.141. The largest absolute Gasteiger partial charge is 0.453 e. The molecule has 1 N–H and O–H groups in total. The van der Waals surface area contributed by atoms with Gasteiger partial charge in [0.15, 0.2) is 6.10 Å². The number of hydrogen-bond acceptors (Lipinski definition) is 4. The number of nitrogens with one attached hydrogen (secondary N) is 1. The van der Waals surface area contributed by atoms with Gasteiger partial charge in [0, 0.05) is 13.0 Å². The molecule has 1 atom stereocenters. The van der Waals surface area contributed by atoms with Gasteiger partial charge >= 0.3 is 5.97 Å². The fourth-order valence-corrected chi connectivity index (χ4v) is 3.44. The van der Waals surface area contributed by atoms with Crippen LogP contribution in [0.1, 0.15) is 41.8 Å². The zero-order valence-corrected chi connectivity index (χ0v) is 17.8. The van der Waals surface area contributed by atoms with Crippen molar-refractivity contribution >= 4 is 17.6 Å². The first-order valence-electron chi connectivity index (χ1n) is 9.97. The number of ether oxygens (including phenoxy) is 1. The van der Waals surface area contributed by atoms with Crippen LogP contribution in [0.5, 0.6) is 0 Å². The molecule has 1 aromatic heterocycles. The number of nitrogens with zero attached hydrogens (tertiary/aromatic N) is 2. The van der Waals surface area contributed by atoms with Crippen LogP contribution >= 0.6 is 0 Å². The number of esters is 1. The van der Waals surface area contributed by atoms with Gasteiger partial charge < -0.3 is 10.1 Å². The van der Waals surface area contributed by atoms with E-state index in [0.29, 0.717) is 5.69 Å². The Morgan fingerprint density at radius 2 is 1.53 bits per heavy atom. The molecule has 0 saturated heterocycles. The van der Waals surface area contributed by atoms with Gasteiger partial charge in [-0.3, -0.25) is 14.3 Å². The molecule has 3 rings (SSSR count). The predicted molar refractivity (Wildman–Crippen MR) is 116 cm³/mol. The van der Waals surface area contributed by atoms with Crippen LogP contribution in [-0.2, 0) is 21.4 Å². The van der Waals surface area contributed by atoms with Crippen LogP contribution in [-0.4, -0.2) is 27.8 Å². The van der Waals surface area contributed by atoms with Crippen molar-refractivity contribution in [2.45, 2.75) is 39.2 Å². The van der Waals surface area contributed by atoms with Crippen molar-refractivity contribution in [2.75, 3.05) is 5.32 Å². The Kier molecular flexibility index (Phi) is 6.67. The summed E-state index contributed by atoms with van der Waals surface area (Å²) >= 11 is 0. The van der Waals surface area contributed by atoms with Crippen LogP contribution in [0, 0.1) is 13.8 Å². The van der Waals surface area contributed by atoms with E-state index >= 15 is 0 Å². The van der Waals surface area contributed by atoms with Gasteiger partial charge in [-0.2, -0.15) is 5.10 Å². The van der Waals surface area contributed by atoms with Crippen molar-refractivity contribution in [2.24, 2.45) is 7.05 Å². The van der Waals surface area contributed by atoms with E-state index in [1.807, 2.05) is 81.6 Å². The fourth-order valence-electron chi connectivity index (χ4n) is 3.44. The van der Waals surface area contributed by atoms with Crippen molar-refractivity contribution in [3.63, 3.8) is 0 Å². The number of aryl methyl sites for hydroxylation is 2. The van der Waals surface area contributed by atoms with Crippen LogP contribution < -0.4 is 5.32 Å². The quantitative estimate of drug-likeness (QED) is 0.600. The summed E-state index contributed by atoms with van der Waals surface area (Å²) in [5.74, 6) is -0.938. The molecule has 0 unspecified atom stereocenters. The van der Waals surface area contributed by atoms with E-state index in [1.54, 1.807) is 11.6 Å². The number of aromatic nitrogens is 2. The first-order chi connectivity index (χ1) is 14.4. The Balaban J connectivity index is 1.68. The number of anilines is 1. The van der Waals surface area contributed by atoms with Crippen LogP contribution in [0.25, 0.3) is 0 Å². The third kappa shape index (κ3) is 4.95. The van der Waals surface area contributed by atoms with Crippen molar-refractivity contribution in [3.05, 3.63) is 83.2 Å². The molecule has 0 bridgehead atoms. The van der Waals surface area contributed by atoms with Crippen molar-refractivity contribution in [1.29, 1.82) is 0 Å². The van der Waals surface area contributed by atoms with Gasteiger partial charge in [-0.25, -0.2) is 0 Å². The number of carbonyl (C=O) groups is 2. The van der Waals surface area contributed by atoms with E-state index < -0.39 is 12.1 Å². The van der Waals surface area contributed by atoms with Crippen LogP contribution in [0.15, 0.2) is 60.7 Å². The first-order valence-corrected chi connectivity index (χ1v) is 9.97. The molecule has 0 aliphatic rings. The minimum atomic E-state index is -0.913. The summed E-state index contributed by atoms with van der Waals surface area (Å²) in [5.41, 5.74) is 4.26. The highest BCUT2D eigenvalue weighted by Crippen LogP contribution is 2.28. The Morgan fingerprint density at radius 3 is 2.00 bits per heavy atom. The molecule has 0 saturated carbocycles. The summed E-state index contributed by atoms with van der Waals surface area (Å²) in [7, 11) is 1.81. The molecule has 2 aromatic carbocycles. The van der Waals surface area contributed by atoms with Gasteiger partial charge in [0.2, 0.25) is 0 Å². The van der Waals surface area contributed by atoms with Gasteiger partial charge in [-0.15, -0.1) is 0 Å². The van der Waals surface area contributed by atoms with Crippen molar-refractivity contribution in [1.82, 2.24) is 9.78 Å². The molecule has 0 aliphatic heterocycles. The van der Waals surface area contributed by atoms with Crippen molar-refractivity contribution < 1.29 is 14.3 Å². The molecule has 0 aliphatic carbocycles. The van der Waals surface area contributed by atoms with E-state index in [0.717, 1.165) is 22.5 Å². The maximum absolute atomic E-state index is 12.7. The minimum Gasteiger partial charge on any atom is -0.453 e. The lowest BCUT2D eigenvalue weighted by atomic mass is 9.88. The number of carbonyl (C=O) groups excluding carboxylic acids is 2. The maximum Gasteiger partial charge on any atom is 0.307 e. The number of benzene rings is 2. The summed E-state index contributed by atoms with van der Waals surface area (Å²) in [4.78, 5) is 25.2. The second-order valence-electron chi connectivity index (χ2n) is 7.37. The second kappa shape index (κ2) is 9.39. The van der Waals surface area contributed by atoms with Crippen LogP contribution in [0.3, 0.4) is 0 Å². The van der Waals surface area contributed by atoms with E-state index in [-0.39, 0.29) is 18.2 Å². The molecule has 6 heteroatoms. The standard InChI is InChI=1S/C24H27N3O3/c1-16-23(17(2)27(4)26-16)25-24(29)18(3)30-22(28)15-21(19-11-7-5-8-12-19)20-13-9-6-10-14-20/h5-14,18,21H,15H2,1-4H3,(H,25,29)/t18-/m1/s1. The highest BCUT2D eigenvalue weighted by Gasteiger charge is 2.24. The van der Waals surface area contributed by atoms with Gasteiger partial charge in [-0.05, 0) is 31.9 Å². The molecule has 30 heavy (non-hydrogen) atoms. The third-order valence-corrected chi connectivity index (χ3v) is 5.21. The highest BCUT2D eigenvalue weighted by molar-refractivity contribution is 5.96. The van der Waals surface area contributed by atoms with Gasteiger partial charge in [0.1, 0.15) is 0 Å². The summed E-state index contributed by atoms with van der Waals surface area (Å²) in [6, 6.07) is 19.7. The van der Waals surface area contributed by atoms with Gasteiger partial charge in [-0.1, -0.05) is 60.7 Å². The smallest absolute Gasteiger partial charge is 0.307 e. The molecule has 0 fully saturated rings. The van der Waals surface area contributed by atoms with Gasteiger partial charge in [0.05, 0.1) is 23.5 Å². The average molecular weight is 405 g/mol. The van der Waals surface area contributed by atoms with E-state index in [9.17, 15) is 9.59 Å². The van der Waals surface area contributed by atoms with E-state index in [4.69, 9.17) is 4.74 Å². The molecule has 1 heterocycles. The molecule has 0 spiro atoms. The SMILES string of the molecule is Cc1nn(C)c(C)c1NC(=O)[C@@H](C)OC(=O)CC(c1ccccc1)c1ccccc1. The second-order valence-corrected chi connectivity index (χ2v) is 7.37. The van der Waals surface area contributed by atoms with Crippen LogP contribution in [0.4, 0.5) is 5.69 Å². The lowest BCUT2D eigenvalue weighted by Gasteiger charge is -2.19. The predicted octanol–water partition coefficient (Wildman–Crippen LogP) is 4.13. The number of rotatable bonds is 7. The molecule has 0 radical (unpaired) electrons. The average Bonchev–Trinajstić information content (AvgIpc) is 2.99. The number of hydrogen-bond donors (Lipinski definition) is 1. The maximum atomic E-state index is 12.7. The topological polar surface area (TPSA) is 73.2 Å². The Morgan fingerprint density at radius 1 is 1.00 bits per heavy atom. The molecule has 156 valence electrons. The Labute approximate surface area is 176 Å². The summed E-state index contributed by atoms with van der Waals surface area (Å²) < 4.78 is 7.17. The Hall–Kier alpha value is -3.41. The zero-order valence-electron chi connectivity index (χ0n) is 17.8. The molecule has 3 aromatic rings. The fraction of sp³-hybridized carbons (Fsp3) is 0.292. The molecule has 6 nitrogen and oxygen atoms in total. The monoisotopic (exact) mass is 405 g/mol. The Bertz CT molecular complexity index is 973. The lowest BCUT2D eigenvalue weighted by Crippen LogP contribution is -2.30. The highest BCUT2D eigenvalue weighted by atomic mass is 16.5. The van der Waals surface area contributed by atoms with E-state index in [2.05, 4.69) is 10.4 Å². The summed E-state index contributed by atoms with van der Waals surface area (Å²) in [6.45, 7) is 5.27. The normalized spacial score (nSPS) is 11.9. The summed E-state index contributed by atoms with van der Waals surface area (Å²) in [6.07, 6.45) is -0.764. The van der Waals surface area contributed by atoms with E-state index in [1.165, 1.54) is 0 Å². The first kappa shape index (κ1) is 21.3. The zero-order chi connectivity index (χ0) is 21.7. The lowest BCUT2D eigenvalue weighted by molar-refractivity contribution is -0.153.